The van der Waals surface area contributed by atoms with E-state index in [1.165, 1.54) is 29.6 Å². The quantitative estimate of drug-likeness (QED) is 0.640. The van der Waals surface area contributed by atoms with Crippen LogP contribution in [0.4, 0.5) is 5.69 Å². The first-order valence-corrected chi connectivity index (χ1v) is 6.56. The Labute approximate surface area is 122 Å². The standard InChI is InChI=1S/C12H9N3O5S/c16-11(7-3-1-2-4-9(7)15(19)20)13-5-10-14-8(6-21-10)12(17)18/h1-4,6H,5H2,(H,13,16)(H,17,18). The van der Waals surface area contributed by atoms with E-state index in [-0.39, 0.29) is 23.5 Å². The van der Waals surface area contributed by atoms with E-state index in [1.54, 1.807) is 0 Å². The van der Waals surface area contributed by atoms with Crippen LogP contribution in [0.3, 0.4) is 0 Å². The predicted octanol–water partition coefficient (Wildman–Crippen LogP) is 1.68. The van der Waals surface area contributed by atoms with Gasteiger partial charge >= 0.3 is 5.97 Å². The molecule has 1 amide bonds. The van der Waals surface area contributed by atoms with Crippen LogP contribution in [-0.4, -0.2) is 26.9 Å². The van der Waals surface area contributed by atoms with E-state index in [2.05, 4.69) is 10.3 Å². The molecule has 1 aromatic heterocycles. The Morgan fingerprint density at radius 3 is 2.71 bits per heavy atom. The summed E-state index contributed by atoms with van der Waals surface area (Å²) in [6.45, 7) is 0.00281. The molecule has 1 heterocycles. The molecule has 8 nitrogen and oxygen atoms in total. The van der Waals surface area contributed by atoms with Crippen molar-refractivity contribution in [2.75, 3.05) is 0 Å². The van der Waals surface area contributed by atoms with Crippen molar-refractivity contribution in [2.24, 2.45) is 0 Å². The molecule has 21 heavy (non-hydrogen) atoms. The van der Waals surface area contributed by atoms with Crippen LogP contribution in [-0.2, 0) is 6.54 Å². The molecule has 0 saturated heterocycles. The van der Waals surface area contributed by atoms with Crippen molar-refractivity contribution in [3.8, 4) is 0 Å². The molecule has 0 aliphatic rings. The lowest BCUT2D eigenvalue weighted by atomic mass is 10.1. The Balaban J connectivity index is 2.08. The SMILES string of the molecule is O=C(O)c1csc(CNC(=O)c2ccccc2[N+](=O)[O-])n1. The number of carbonyl (C=O) groups excluding carboxylic acids is 1. The average molecular weight is 307 g/mol. The van der Waals surface area contributed by atoms with Gasteiger partial charge in [-0.05, 0) is 6.07 Å². The Bertz CT molecular complexity index is 712. The van der Waals surface area contributed by atoms with Crippen molar-refractivity contribution >= 4 is 28.9 Å². The molecule has 0 aliphatic heterocycles. The lowest BCUT2D eigenvalue weighted by Gasteiger charge is -2.03. The fraction of sp³-hybridized carbons (Fsp3) is 0.0833. The summed E-state index contributed by atoms with van der Waals surface area (Å²) in [6, 6.07) is 5.57. The van der Waals surface area contributed by atoms with Crippen molar-refractivity contribution in [1.82, 2.24) is 10.3 Å². The van der Waals surface area contributed by atoms with Gasteiger partial charge in [-0.3, -0.25) is 14.9 Å². The first-order chi connectivity index (χ1) is 9.99. The van der Waals surface area contributed by atoms with Crippen LogP contribution in [0, 0.1) is 10.1 Å². The van der Waals surface area contributed by atoms with Gasteiger partial charge in [-0.25, -0.2) is 9.78 Å². The van der Waals surface area contributed by atoms with E-state index in [9.17, 15) is 19.7 Å². The topological polar surface area (TPSA) is 122 Å². The number of para-hydroxylation sites is 1. The van der Waals surface area contributed by atoms with Crippen molar-refractivity contribution in [3.63, 3.8) is 0 Å². The number of benzene rings is 1. The molecular formula is C12H9N3O5S. The Morgan fingerprint density at radius 2 is 2.10 bits per heavy atom. The van der Waals surface area contributed by atoms with Gasteiger partial charge in [0.1, 0.15) is 10.6 Å². The number of hydrogen-bond acceptors (Lipinski definition) is 6. The second-order valence-corrected chi connectivity index (χ2v) is 4.83. The summed E-state index contributed by atoms with van der Waals surface area (Å²) >= 11 is 1.09. The van der Waals surface area contributed by atoms with Gasteiger partial charge in [-0.1, -0.05) is 12.1 Å². The first-order valence-electron chi connectivity index (χ1n) is 5.68. The smallest absolute Gasteiger partial charge is 0.355 e. The average Bonchev–Trinajstić information content (AvgIpc) is 2.94. The fourth-order valence-corrected chi connectivity index (χ4v) is 2.27. The van der Waals surface area contributed by atoms with E-state index in [4.69, 9.17) is 5.11 Å². The summed E-state index contributed by atoms with van der Waals surface area (Å²) in [7, 11) is 0. The largest absolute Gasteiger partial charge is 0.476 e. The number of hydrogen-bond donors (Lipinski definition) is 2. The second kappa shape index (κ2) is 6.09. The summed E-state index contributed by atoms with van der Waals surface area (Å²) < 4.78 is 0. The number of thiazole rings is 1. The minimum absolute atomic E-state index is 0.00281. The molecule has 0 unspecified atom stereocenters. The van der Waals surface area contributed by atoms with Gasteiger partial charge in [-0.15, -0.1) is 11.3 Å². The molecular weight excluding hydrogens is 298 g/mol. The highest BCUT2D eigenvalue weighted by atomic mass is 32.1. The Kier molecular flexibility index (Phi) is 4.24. The number of carboxylic acids is 1. The molecule has 0 aliphatic carbocycles. The molecule has 0 atom stereocenters. The Morgan fingerprint density at radius 1 is 1.38 bits per heavy atom. The van der Waals surface area contributed by atoms with Gasteiger partial charge in [0.2, 0.25) is 0 Å². The van der Waals surface area contributed by atoms with Crippen LogP contribution in [0.25, 0.3) is 0 Å². The lowest BCUT2D eigenvalue weighted by Crippen LogP contribution is -2.23. The normalized spacial score (nSPS) is 10.1. The van der Waals surface area contributed by atoms with E-state index >= 15 is 0 Å². The third-order valence-electron chi connectivity index (χ3n) is 2.52. The number of rotatable bonds is 5. The highest BCUT2D eigenvalue weighted by Gasteiger charge is 2.19. The summed E-state index contributed by atoms with van der Waals surface area (Å²) in [5.74, 6) is -1.77. The van der Waals surface area contributed by atoms with Crippen LogP contribution in [0.1, 0.15) is 25.9 Å². The number of nitro benzene ring substituents is 1. The van der Waals surface area contributed by atoms with Crippen LogP contribution >= 0.6 is 11.3 Å². The van der Waals surface area contributed by atoms with Crippen LogP contribution in [0.5, 0.6) is 0 Å². The number of carbonyl (C=O) groups is 2. The lowest BCUT2D eigenvalue weighted by molar-refractivity contribution is -0.385. The van der Waals surface area contributed by atoms with E-state index in [0.717, 1.165) is 11.3 Å². The van der Waals surface area contributed by atoms with Gasteiger partial charge in [0.15, 0.2) is 5.69 Å². The van der Waals surface area contributed by atoms with Crippen molar-refractivity contribution in [2.45, 2.75) is 6.54 Å². The van der Waals surface area contributed by atoms with Crippen LogP contribution in [0.15, 0.2) is 29.6 Å². The molecule has 0 fully saturated rings. The highest BCUT2D eigenvalue weighted by molar-refractivity contribution is 7.09. The molecule has 0 saturated carbocycles. The molecule has 108 valence electrons. The van der Waals surface area contributed by atoms with Crippen molar-refractivity contribution < 1.29 is 19.6 Å². The monoisotopic (exact) mass is 307 g/mol. The van der Waals surface area contributed by atoms with Gasteiger partial charge in [0, 0.05) is 11.4 Å². The molecule has 2 aromatic rings. The molecule has 1 aromatic carbocycles. The van der Waals surface area contributed by atoms with Crippen LogP contribution in [0.2, 0.25) is 0 Å². The van der Waals surface area contributed by atoms with Gasteiger partial charge in [0.25, 0.3) is 11.6 Å². The Hall–Kier alpha value is -2.81. The van der Waals surface area contributed by atoms with Crippen molar-refractivity contribution in [3.05, 3.63) is 56.0 Å². The zero-order chi connectivity index (χ0) is 15.4. The minimum atomic E-state index is -1.15. The summed E-state index contributed by atoms with van der Waals surface area (Å²) in [5, 5.41) is 23.8. The van der Waals surface area contributed by atoms with E-state index in [1.807, 2.05) is 0 Å². The second-order valence-electron chi connectivity index (χ2n) is 3.89. The summed E-state index contributed by atoms with van der Waals surface area (Å²) in [6.07, 6.45) is 0. The molecule has 2 N–H and O–H groups in total. The highest BCUT2D eigenvalue weighted by Crippen LogP contribution is 2.17. The zero-order valence-corrected chi connectivity index (χ0v) is 11.3. The number of aromatic carboxylic acids is 1. The number of carboxylic acid groups (broad SMARTS) is 1. The summed E-state index contributed by atoms with van der Waals surface area (Å²) in [4.78, 5) is 36.6. The minimum Gasteiger partial charge on any atom is -0.476 e. The number of nitrogens with zero attached hydrogens (tertiary/aromatic N) is 2. The van der Waals surface area contributed by atoms with E-state index in [0.29, 0.717) is 5.01 Å². The maximum Gasteiger partial charge on any atom is 0.355 e. The maximum absolute atomic E-state index is 11.9. The molecule has 0 radical (unpaired) electrons. The molecule has 2 rings (SSSR count). The third-order valence-corrected chi connectivity index (χ3v) is 3.37. The number of nitro groups is 1. The van der Waals surface area contributed by atoms with E-state index < -0.39 is 16.8 Å². The maximum atomic E-state index is 11.9. The van der Waals surface area contributed by atoms with Crippen LogP contribution < -0.4 is 5.32 Å². The zero-order valence-electron chi connectivity index (χ0n) is 10.5. The van der Waals surface area contributed by atoms with Crippen molar-refractivity contribution in [1.29, 1.82) is 0 Å². The molecule has 0 spiro atoms. The predicted molar refractivity (Wildman–Crippen MR) is 73.3 cm³/mol. The van der Waals surface area contributed by atoms with Gasteiger partial charge < -0.3 is 10.4 Å². The molecule has 9 heteroatoms. The number of nitrogens with one attached hydrogen (secondary N) is 1. The first kappa shape index (κ1) is 14.6. The molecule has 0 bridgehead atoms. The van der Waals surface area contributed by atoms with Gasteiger partial charge in [0.05, 0.1) is 11.5 Å². The number of aromatic nitrogens is 1. The van der Waals surface area contributed by atoms with Gasteiger partial charge in [-0.2, -0.15) is 0 Å². The summed E-state index contributed by atoms with van der Waals surface area (Å²) in [5.41, 5.74) is -0.451. The fourth-order valence-electron chi connectivity index (χ4n) is 1.57. The number of amides is 1. The third kappa shape index (κ3) is 3.39.